The molecule has 4 rings (SSSR count). The minimum atomic E-state index is -0.672. The summed E-state index contributed by atoms with van der Waals surface area (Å²) < 4.78 is 10.9. The predicted octanol–water partition coefficient (Wildman–Crippen LogP) is 4.42. The van der Waals surface area contributed by atoms with Crippen LogP contribution in [0.1, 0.15) is 55.3 Å². The fraction of sp³-hybridized carbons (Fsp3) is 0.385. The van der Waals surface area contributed by atoms with Crippen LogP contribution in [0.2, 0.25) is 0 Å². The summed E-state index contributed by atoms with van der Waals surface area (Å²) in [5, 5.41) is 11.1. The molecule has 2 fully saturated rings. The maximum atomic E-state index is 13.1. The fourth-order valence-electron chi connectivity index (χ4n) is 4.39. The first-order chi connectivity index (χ1) is 15.4. The van der Waals surface area contributed by atoms with Crippen molar-refractivity contribution in [2.24, 2.45) is 0 Å². The van der Waals surface area contributed by atoms with Crippen LogP contribution in [0.25, 0.3) is 5.76 Å². The zero-order valence-corrected chi connectivity index (χ0v) is 18.7. The number of rotatable bonds is 6. The molecular formula is C26H29NO5. The van der Waals surface area contributed by atoms with Crippen LogP contribution in [-0.2, 0) is 14.3 Å². The largest absolute Gasteiger partial charge is 0.507 e. The summed E-state index contributed by atoms with van der Waals surface area (Å²) in [6.45, 7) is 5.21. The van der Waals surface area contributed by atoms with E-state index in [4.69, 9.17) is 9.47 Å². The van der Waals surface area contributed by atoms with Crippen LogP contribution in [0, 0.1) is 0 Å². The number of likely N-dealkylation sites (tertiary alicyclic amines) is 1. The number of aliphatic hydroxyl groups is 1. The second kappa shape index (κ2) is 9.17. The van der Waals surface area contributed by atoms with Gasteiger partial charge in [0.15, 0.2) is 0 Å². The van der Waals surface area contributed by atoms with E-state index in [1.54, 1.807) is 36.3 Å². The standard InChI is InChI=1S/C26H29NO5/c1-16(2)17-6-8-18(9-7-17)23-22(24(28)19-10-12-20(31-3)13-11-19)25(29)26(30)27(23)15-21-5-4-14-32-21/h6-13,16,21,23,28H,4-5,14-15H2,1-3H3/t21-,23-/m1/s1. The number of hydrogen-bond donors (Lipinski definition) is 1. The van der Waals surface area contributed by atoms with Crippen molar-refractivity contribution in [3.8, 4) is 5.75 Å². The molecule has 0 saturated carbocycles. The van der Waals surface area contributed by atoms with Gasteiger partial charge in [0.1, 0.15) is 11.5 Å². The van der Waals surface area contributed by atoms with Gasteiger partial charge in [-0.3, -0.25) is 9.59 Å². The number of ether oxygens (including phenoxy) is 2. The number of carbonyl (C=O) groups is 2. The highest BCUT2D eigenvalue weighted by molar-refractivity contribution is 6.46. The average molecular weight is 436 g/mol. The van der Waals surface area contributed by atoms with Gasteiger partial charge < -0.3 is 19.5 Å². The van der Waals surface area contributed by atoms with Gasteiger partial charge in [0.05, 0.1) is 24.8 Å². The Kier molecular flexibility index (Phi) is 6.33. The minimum Gasteiger partial charge on any atom is -0.507 e. The van der Waals surface area contributed by atoms with Crippen LogP contribution >= 0.6 is 0 Å². The lowest BCUT2D eigenvalue weighted by Crippen LogP contribution is -2.36. The number of Topliss-reactive ketones (excluding diaryl/α,β-unsaturated/α-hetero) is 1. The zero-order chi connectivity index (χ0) is 22.8. The van der Waals surface area contributed by atoms with Crippen LogP contribution in [0.4, 0.5) is 0 Å². The van der Waals surface area contributed by atoms with E-state index in [0.717, 1.165) is 18.4 Å². The van der Waals surface area contributed by atoms with E-state index in [2.05, 4.69) is 13.8 Å². The molecule has 0 unspecified atom stereocenters. The summed E-state index contributed by atoms with van der Waals surface area (Å²) in [5.41, 5.74) is 2.53. The highest BCUT2D eigenvalue weighted by Gasteiger charge is 2.47. The van der Waals surface area contributed by atoms with Crippen molar-refractivity contribution in [2.45, 2.75) is 44.8 Å². The number of hydrogen-bond acceptors (Lipinski definition) is 5. The molecule has 0 bridgehead atoms. The topological polar surface area (TPSA) is 76.1 Å². The van der Waals surface area contributed by atoms with E-state index >= 15 is 0 Å². The third-order valence-corrected chi connectivity index (χ3v) is 6.25. The van der Waals surface area contributed by atoms with E-state index in [9.17, 15) is 14.7 Å². The molecule has 2 aromatic rings. The Labute approximate surface area is 188 Å². The SMILES string of the molecule is COc1ccc(C(O)=C2C(=O)C(=O)N(C[C@H]3CCCO3)[C@@H]2c2ccc(C(C)C)cc2)cc1. The molecule has 6 heteroatoms. The van der Waals surface area contributed by atoms with Gasteiger partial charge in [-0.1, -0.05) is 38.1 Å². The van der Waals surface area contributed by atoms with Crippen molar-refractivity contribution in [2.75, 3.05) is 20.3 Å². The molecule has 32 heavy (non-hydrogen) atoms. The van der Waals surface area contributed by atoms with Gasteiger partial charge in [-0.2, -0.15) is 0 Å². The molecule has 2 aliphatic heterocycles. The molecule has 0 aromatic heterocycles. The second-order valence-electron chi connectivity index (χ2n) is 8.64. The number of amides is 1. The number of carbonyl (C=O) groups excluding carboxylic acids is 2. The highest BCUT2D eigenvalue weighted by atomic mass is 16.5. The third kappa shape index (κ3) is 4.15. The van der Waals surface area contributed by atoms with Crippen LogP contribution in [0.15, 0.2) is 54.1 Å². The van der Waals surface area contributed by atoms with Gasteiger partial charge in [0, 0.05) is 18.7 Å². The van der Waals surface area contributed by atoms with Crippen molar-refractivity contribution in [1.82, 2.24) is 4.90 Å². The van der Waals surface area contributed by atoms with Crippen molar-refractivity contribution >= 4 is 17.4 Å². The van der Waals surface area contributed by atoms with Gasteiger partial charge in [0.2, 0.25) is 0 Å². The molecular weight excluding hydrogens is 406 g/mol. The lowest BCUT2D eigenvalue weighted by Gasteiger charge is -2.27. The maximum absolute atomic E-state index is 13.1. The molecule has 168 valence electrons. The van der Waals surface area contributed by atoms with Crippen LogP contribution in [0.5, 0.6) is 5.75 Å². The maximum Gasteiger partial charge on any atom is 0.295 e. The monoisotopic (exact) mass is 435 g/mol. The molecule has 1 amide bonds. The van der Waals surface area contributed by atoms with E-state index < -0.39 is 17.7 Å². The predicted molar refractivity (Wildman–Crippen MR) is 122 cm³/mol. The lowest BCUT2D eigenvalue weighted by atomic mass is 9.93. The smallest absolute Gasteiger partial charge is 0.295 e. The van der Waals surface area contributed by atoms with Gasteiger partial charge in [0.25, 0.3) is 11.7 Å². The fourth-order valence-corrected chi connectivity index (χ4v) is 4.39. The van der Waals surface area contributed by atoms with E-state index in [1.807, 2.05) is 24.3 Å². The summed E-state index contributed by atoms with van der Waals surface area (Å²) in [6, 6.07) is 14.0. The molecule has 2 heterocycles. The molecule has 2 atom stereocenters. The molecule has 0 radical (unpaired) electrons. The zero-order valence-electron chi connectivity index (χ0n) is 18.7. The van der Waals surface area contributed by atoms with Crippen molar-refractivity contribution in [1.29, 1.82) is 0 Å². The van der Waals surface area contributed by atoms with Crippen molar-refractivity contribution in [3.63, 3.8) is 0 Å². The van der Waals surface area contributed by atoms with E-state index in [0.29, 0.717) is 30.4 Å². The van der Waals surface area contributed by atoms with E-state index in [1.165, 1.54) is 5.56 Å². The molecule has 6 nitrogen and oxygen atoms in total. The van der Waals surface area contributed by atoms with Crippen LogP contribution in [-0.4, -0.2) is 48.1 Å². The molecule has 1 N–H and O–H groups in total. The summed E-state index contributed by atoms with van der Waals surface area (Å²) in [7, 11) is 1.56. The number of ketones is 1. The minimum absolute atomic E-state index is 0.105. The number of benzene rings is 2. The summed E-state index contributed by atoms with van der Waals surface area (Å²) in [5.74, 6) is -0.454. The first kappa shape index (κ1) is 22.1. The van der Waals surface area contributed by atoms with Gasteiger partial charge in [-0.05, 0) is 54.2 Å². The quantitative estimate of drug-likeness (QED) is 0.413. The number of nitrogens with zero attached hydrogens (tertiary/aromatic N) is 1. The van der Waals surface area contributed by atoms with Crippen LogP contribution in [0.3, 0.4) is 0 Å². The Hall–Kier alpha value is -3.12. The Morgan fingerprint density at radius 3 is 2.38 bits per heavy atom. The second-order valence-corrected chi connectivity index (χ2v) is 8.64. The lowest BCUT2D eigenvalue weighted by molar-refractivity contribution is -0.140. The molecule has 0 aliphatic carbocycles. The summed E-state index contributed by atoms with van der Waals surface area (Å²) >= 11 is 0. The average Bonchev–Trinajstić information content (AvgIpc) is 3.41. The molecule has 0 spiro atoms. The van der Waals surface area contributed by atoms with Gasteiger partial charge >= 0.3 is 0 Å². The highest BCUT2D eigenvalue weighted by Crippen LogP contribution is 2.40. The summed E-state index contributed by atoms with van der Waals surface area (Å²) in [6.07, 6.45) is 1.68. The van der Waals surface area contributed by atoms with Crippen LogP contribution < -0.4 is 4.74 Å². The molecule has 2 saturated heterocycles. The summed E-state index contributed by atoms with van der Waals surface area (Å²) in [4.78, 5) is 27.7. The van der Waals surface area contributed by atoms with Gasteiger partial charge in [-0.25, -0.2) is 0 Å². The van der Waals surface area contributed by atoms with Crippen molar-refractivity contribution in [3.05, 3.63) is 70.8 Å². The van der Waals surface area contributed by atoms with E-state index in [-0.39, 0.29) is 17.4 Å². The number of aliphatic hydroxyl groups excluding tert-OH is 1. The Bertz CT molecular complexity index is 1020. The third-order valence-electron chi connectivity index (χ3n) is 6.25. The first-order valence-electron chi connectivity index (χ1n) is 11.0. The van der Waals surface area contributed by atoms with Crippen molar-refractivity contribution < 1.29 is 24.2 Å². The molecule has 2 aliphatic rings. The molecule has 2 aromatic carbocycles. The van der Waals surface area contributed by atoms with Gasteiger partial charge in [-0.15, -0.1) is 0 Å². The number of methoxy groups -OCH3 is 1. The normalized spacial score (nSPS) is 22.7. The Morgan fingerprint density at radius 2 is 1.81 bits per heavy atom. The Morgan fingerprint density at radius 1 is 1.12 bits per heavy atom. The Balaban J connectivity index is 1.79. The first-order valence-corrected chi connectivity index (χ1v) is 11.0.